The van der Waals surface area contributed by atoms with Crippen LogP contribution in [0.5, 0.6) is 5.75 Å². The molecule has 0 radical (unpaired) electrons. The molecule has 25 heavy (non-hydrogen) atoms. The third-order valence-electron chi connectivity index (χ3n) is 4.34. The van der Waals surface area contributed by atoms with Crippen LogP contribution in [0.15, 0.2) is 51.8 Å². The van der Waals surface area contributed by atoms with Gasteiger partial charge in [0, 0.05) is 26.7 Å². The number of hydrogen-bond donors (Lipinski definition) is 1. The van der Waals surface area contributed by atoms with Gasteiger partial charge in [0.2, 0.25) is 0 Å². The number of halogens is 1. The summed E-state index contributed by atoms with van der Waals surface area (Å²) in [6.07, 6.45) is 2.48. The standard InChI is InChI=1S/C20H24BrNO2S/c1-23-19-9-8-17(21)11-16(19)14-25-20-7-3-2-5-15(20)12-24-13-18-6-4-10-22-18/h2-3,5,7-9,11,18,22H,4,6,10,12-14H2,1H3/t18-/m1/s1. The van der Waals surface area contributed by atoms with Gasteiger partial charge in [0.25, 0.3) is 0 Å². The van der Waals surface area contributed by atoms with Crippen LogP contribution in [0.4, 0.5) is 0 Å². The highest BCUT2D eigenvalue weighted by molar-refractivity contribution is 9.10. The molecule has 0 spiro atoms. The van der Waals surface area contributed by atoms with E-state index in [1.54, 1.807) is 7.11 Å². The zero-order valence-electron chi connectivity index (χ0n) is 14.5. The smallest absolute Gasteiger partial charge is 0.122 e. The molecule has 5 heteroatoms. The van der Waals surface area contributed by atoms with Gasteiger partial charge >= 0.3 is 0 Å². The fourth-order valence-corrected chi connectivity index (χ4v) is 4.42. The molecule has 1 aliphatic heterocycles. The van der Waals surface area contributed by atoms with Gasteiger partial charge in [-0.15, -0.1) is 11.8 Å². The van der Waals surface area contributed by atoms with Gasteiger partial charge in [0.1, 0.15) is 5.75 Å². The second kappa shape index (κ2) is 9.62. The Kier molecular flexibility index (Phi) is 7.23. The van der Waals surface area contributed by atoms with E-state index in [0.717, 1.165) is 29.1 Å². The van der Waals surface area contributed by atoms with Crippen LogP contribution in [0.25, 0.3) is 0 Å². The highest BCUT2D eigenvalue weighted by Gasteiger charge is 2.14. The fourth-order valence-electron chi connectivity index (χ4n) is 2.99. The lowest BCUT2D eigenvalue weighted by atomic mass is 10.2. The van der Waals surface area contributed by atoms with Gasteiger partial charge in [-0.25, -0.2) is 0 Å². The average Bonchev–Trinajstić information content (AvgIpc) is 3.14. The molecule has 0 amide bonds. The van der Waals surface area contributed by atoms with Crippen molar-refractivity contribution in [1.29, 1.82) is 0 Å². The SMILES string of the molecule is COc1ccc(Br)cc1CSc1ccccc1COC[C@H]1CCCN1. The number of rotatable bonds is 8. The van der Waals surface area contributed by atoms with Crippen LogP contribution >= 0.6 is 27.7 Å². The normalized spacial score (nSPS) is 17.0. The predicted molar refractivity (Wildman–Crippen MR) is 107 cm³/mol. The molecule has 3 nitrogen and oxygen atoms in total. The molecule has 1 atom stereocenters. The number of benzene rings is 2. The lowest BCUT2D eigenvalue weighted by Gasteiger charge is -2.14. The number of ether oxygens (including phenoxy) is 2. The number of thioether (sulfide) groups is 1. The molecule has 2 aromatic carbocycles. The quantitative estimate of drug-likeness (QED) is 0.606. The first-order chi connectivity index (χ1) is 12.3. The lowest BCUT2D eigenvalue weighted by Crippen LogP contribution is -2.26. The molecule has 1 aliphatic rings. The lowest BCUT2D eigenvalue weighted by molar-refractivity contribution is 0.102. The largest absolute Gasteiger partial charge is 0.496 e. The van der Waals surface area contributed by atoms with Crippen molar-refractivity contribution in [3.8, 4) is 5.75 Å². The molecule has 3 rings (SSSR count). The van der Waals surface area contributed by atoms with Crippen molar-refractivity contribution in [2.75, 3.05) is 20.3 Å². The van der Waals surface area contributed by atoms with Gasteiger partial charge in [-0.2, -0.15) is 0 Å². The molecule has 0 aliphatic carbocycles. The summed E-state index contributed by atoms with van der Waals surface area (Å²) in [5.74, 6) is 1.79. The van der Waals surface area contributed by atoms with Gasteiger partial charge < -0.3 is 14.8 Å². The Morgan fingerprint density at radius 3 is 2.88 bits per heavy atom. The van der Waals surface area contributed by atoms with E-state index in [0.29, 0.717) is 12.6 Å². The van der Waals surface area contributed by atoms with Crippen LogP contribution < -0.4 is 10.1 Å². The van der Waals surface area contributed by atoms with E-state index in [4.69, 9.17) is 9.47 Å². The van der Waals surface area contributed by atoms with E-state index in [1.807, 2.05) is 23.9 Å². The summed E-state index contributed by atoms with van der Waals surface area (Å²) in [5.41, 5.74) is 2.44. The summed E-state index contributed by atoms with van der Waals surface area (Å²) in [7, 11) is 1.72. The topological polar surface area (TPSA) is 30.5 Å². The first-order valence-corrected chi connectivity index (χ1v) is 10.4. The van der Waals surface area contributed by atoms with Crippen LogP contribution in [0.1, 0.15) is 24.0 Å². The van der Waals surface area contributed by atoms with Crippen molar-refractivity contribution >= 4 is 27.7 Å². The third-order valence-corrected chi connectivity index (χ3v) is 6.00. The Balaban J connectivity index is 1.59. The zero-order chi connectivity index (χ0) is 17.5. The first-order valence-electron chi connectivity index (χ1n) is 8.60. The molecule has 1 heterocycles. The Bertz CT molecular complexity index is 689. The van der Waals surface area contributed by atoms with Gasteiger partial charge in [0.15, 0.2) is 0 Å². The van der Waals surface area contributed by atoms with Crippen molar-refractivity contribution in [3.63, 3.8) is 0 Å². The second-order valence-electron chi connectivity index (χ2n) is 6.16. The van der Waals surface area contributed by atoms with E-state index < -0.39 is 0 Å². The number of methoxy groups -OCH3 is 1. The molecule has 0 aromatic heterocycles. The molecule has 1 saturated heterocycles. The Hall–Kier alpha value is -1.01. The van der Waals surface area contributed by atoms with E-state index in [1.165, 1.54) is 28.9 Å². The highest BCUT2D eigenvalue weighted by atomic mass is 79.9. The summed E-state index contributed by atoms with van der Waals surface area (Å²) in [6.45, 7) is 2.57. The predicted octanol–water partition coefficient (Wildman–Crippen LogP) is 5.02. The second-order valence-corrected chi connectivity index (χ2v) is 8.09. The molecule has 1 N–H and O–H groups in total. The minimum atomic E-state index is 0.519. The van der Waals surface area contributed by atoms with Crippen molar-refractivity contribution in [2.24, 2.45) is 0 Å². The maximum atomic E-state index is 5.95. The zero-order valence-corrected chi connectivity index (χ0v) is 16.9. The third kappa shape index (κ3) is 5.48. The van der Waals surface area contributed by atoms with Crippen LogP contribution in [0, 0.1) is 0 Å². The van der Waals surface area contributed by atoms with Crippen molar-refractivity contribution in [1.82, 2.24) is 5.32 Å². The maximum absolute atomic E-state index is 5.95. The molecular formula is C20H24BrNO2S. The molecule has 0 unspecified atom stereocenters. The van der Waals surface area contributed by atoms with Gasteiger partial charge in [-0.3, -0.25) is 0 Å². The number of hydrogen-bond acceptors (Lipinski definition) is 4. The monoisotopic (exact) mass is 421 g/mol. The Labute approximate surface area is 162 Å². The summed E-state index contributed by atoms with van der Waals surface area (Å²) >= 11 is 5.37. The molecule has 2 aromatic rings. The minimum absolute atomic E-state index is 0.519. The van der Waals surface area contributed by atoms with Crippen molar-refractivity contribution in [3.05, 3.63) is 58.1 Å². The Morgan fingerprint density at radius 1 is 1.20 bits per heavy atom. The van der Waals surface area contributed by atoms with E-state index in [2.05, 4.69) is 51.6 Å². The summed E-state index contributed by atoms with van der Waals surface area (Å²) in [4.78, 5) is 1.27. The van der Waals surface area contributed by atoms with Gasteiger partial charge in [-0.05, 0) is 49.2 Å². The molecule has 0 bridgehead atoms. The minimum Gasteiger partial charge on any atom is -0.496 e. The van der Waals surface area contributed by atoms with Crippen LogP contribution in [-0.2, 0) is 17.1 Å². The summed E-state index contributed by atoms with van der Waals surface area (Å²) < 4.78 is 12.5. The Morgan fingerprint density at radius 2 is 2.08 bits per heavy atom. The van der Waals surface area contributed by atoms with Gasteiger partial charge in [0.05, 0.1) is 20.3 Å². The van der Waals surface area contributed by atoms with E-state index in [-0.39, 0.29) is 0 Å². The van der Waals surface area contributed by atoms with Gasteiger partial charge in [-0.1, -0.05) is 34.1 Å². The van der Waals surface area contributed by atoms with Crippen LogP contribution in [0.3, 0.4) is 0 Å². The van der Waals surface area contributed by atoms with Crippen molar-refractivity contribution in [2.45, 2.75) is 36.1 Å². The fraction of sp³-hybridized carbons (Fsp3) is 0.400. The van der Waals surface area contributed by atoms with Crippen molar-refractivity contribution < 1.29 is 9.47 Å². The van der Waals surface area contributed by atoms with E-state index >= 15 is 0 Å². The van der Waals surface area contributed by atoms with Crippen LogP contribution in [0.2, 0.25) is 0 Å². The first kappa shape index (κ1) is 18.8. The number of nitrogens with one attached hydrogen (secondary N) is 1. The molecule has 1 fully saturated rings. The summed E-state index contributed by atoms with van der Waals surface area (Å²) in [6, 6.07) is 15.1. The molecule has 134 valence electrons. The molecule has 0 saturated carbocycles. The van der Waals surface area contributed by atoms with Crippen LogP contribution in [-0.4, -0.2) is 26.3 Å². The maximum Gasteiger partial charge on any atom is 0.122 e. The summed E-state index contributed by atoms with van der Waals surface area (Å²) in [5, 5.41) is 3.47. The average molecular weight is 422 g/mol. The highest BCUT2D eigenvalue weighted by Crippen LogP contribution is 2.32. The van der Waals surface area contributed by atoms with E-state index in [9.17, 15) is 0 Å². The molecular weight excluding hydrogens is 398 g/mol.